The number of nitrogens with zero attached hydrogens (tertiary/aromatic N) is 4. The van der Waals surface area contributed by atoms with Gasteiger partial charge >= 0.3 is 0 Å². The van der Waals surface area contributed by atoms with Crippen molar-refractivity contribution in [3.63, 3.8) is 0 Å². The summed E-state index contributed by atoms with van der Waals surface area (Å²) in [7, 11) is 2.21. The SMILES string of the molecule is CCn1cnc(CCN2CCN(C)C[C@@H]2C)c1. The molecule has 0 bridgehead atoms. The predicted octanol–water partition coefficient (Wildman–Crippen LogP) is 1.08. The minimum atomic E-state index is 0.669. The quantitative estimate of drug-likeness (QED) is 0.782. The lowest BCUT2D eigenvalue weighted by molar-refractivity contribution is 0.101. The molecule has 1 aliphatic rings. The van der Waals surface area contributed by atoms with Gasteiger partial charge in [0.05, 0.1) is 12.0 Å². The number of hydrogen-bond acceptors (Lipinski definition) is 3. The first kappa shape index (κ1) is 12.6. The maximum absolute atomic E-state index is 4.44. The second-order valence-electron chi connectivity index (χ2n) is 5.09. The van der Waals surface area contributed by atoms with Crippen molar-refractivity contribution < 1.29 is 0 Å². The van der Waals surface area contributed by atoms with Gasteiger partial charge in [-0.25, -0.2) is 4.98 Å². The van der Waals surface area contributed by atoms with Crippen LogP contribution in [0.1, 0.15) is 19.5 Å². The Balaban J connectivity index is 1.81. The van der Waals surface area contributed by atoms with Crippen LogP contribution in [0.15, 0.2) is 12.5 Å². The molecular formula is C13H24N4. The molecule has 1 aliphatic heterocycles. The number of piperazine rings is 1. The number of rotatable bonds is 4. The Morgan fingerprint density at radius 1 is 1.41 bits per heavy atom. The van der Waals surface area contributed by atoms with E-state index in [9.17, 15) is 0 Å². The number of likely N-dealkylation sites (N-methyl/N-ethyl adjacent to an activating group) is 1. The Kier molecular flexibility index (Phi) is 4.18. The standard InChI is InChI=1S/C13H24N4/c1-4-16-10-13(14-11-16)5-6-17-8-7-15(3)9-12(17)2/h10-12H,4-9H2,1-3H3/t12-/m0/s1. The van der Waals surface area contributed by atoms with E-state index in [1.54, 1.807) is 0 Å². The van der Waals surface area contributed by atoms with Crippen molar-refractivity contribution in [1.29, 1.82) is 0 Å². The highest BCUT2D eigenvalue weighted by molar-refractivity contribution is 4.97. The molecular weight excluding hydrogens is 212 g/mol. The van der Waals surface area contributed by atoms with Crippen LogP contribution in [-0.4, -0.2) is 58.6 Å². The second kappa shape index (κ2) is 5.65. The maximum Gasteiger partial charge on any atom is 0.0949 e. The number of imidazole rings is 1. The molecule has 1 fully saturated rings. The summed E-state index contributed by atoms with van der Waals surface area (Å²) in [6, 6.07) is 0.669. The molecule has 1 aromatic rings. The zero-order chi connectivity index (χ0) is 12.3. The van der Waals surface area contributed by atoms with Crippen molar-refractivity contribution >= 4 is 0 Å². The minimum absolute atomic E-state index is 0.669. The van der Waals surface area contributed by atoms with Crippen LogP contribution in [0.3, 0.4) is 0 Å². The van der Waals surface area contributed by atoms with Gasteiger partial charge < -0.3 is 9.47 Å². The van der Waals surface area contributed by atoms with E-state index in [1.807, 2.05) is 6.33 Å². The molecule has 0 unspecified atom stereocenters. The highest BCUT2D eigenvalue weighted by atomic mass is 15.3. The summed E-state index contributed by atoms with van der Waals surface area (Å²) < 4.78 is 2.14. The predicted molar refractivity (Wildman–Crippen MR) is 70.1 cm³/mol. The van der Waals surface area contributed by atoms with Gasteiger partial charge in [0, 0.05) is 51.4 Å². The first-order valence-electron chi connectivity index (χ1n) is 6.62. The molecule has 2 heterocycles. The number of aromatic nitrogens is 2. The minimum Gasteiger partial charge on any atom is -0.337 e. The number of hydrogen-bond donors (Lipinski definition) is 0. The lowest BCUT2D eigenvalue weighted by atomic mass is 10.2. The largest absolute Gasteiger partial charge is 0.337 e. The van der Waals surface area contributed by atoms with E-state index in [1.165, 1.54) is 25.3 Å². The van der Waals surface area contributed by atoms with Crippen molar-refractivity contribution in [3.8, 4) is 0 Å². The van der Waals surface area contributed by atoms with Gasteiger partial charge in [-0.3, -0.25) is 4.90 Å². The molecule has 1 saturated heterocycles. The molecule has 1 aromatic heterocycles. The fourth-order valence-corrected chi connectivity index (χ4v) is 2.48. The molecule has 0 aromatic carbocycles. The molecule has 2 rings (SSSR count). The van der Waals surface area contributed by atoms with Crippen molar-refractivity contribution in [2.24, 2.45) is 0 Å². The van der Waals surface area contributed by atoms with Gasteiger partial charge in [-0.15, -0.1) is 0 Å². The maximum atomic E-state index is 4.44. The fraction of sp³-hybridized carbons (Fsp3) is 0.769. The zero-order valence-electron chi connectivity index (χ0n) is 11.3. The lowest BCUT2D eigenvalue weighted by Crippen LogP contribution is -2.50. The van der Waals surface area contributed by atoms with E-state index in [0.717, 1.165) is 19.5 Å². The average Bonchev–Trinajstić information content (AvgIpc) is 2.76. The highest BCUT2D eigenvalue weighted by Gasteiger charge is 2.20. The summed E-state index contributed by atoms with van der Waals surface area (Å²) in [5, 5.41) is 0. The first-order valence-corrected chi connectivity index (χ1v) is 6.62. The van der Waals surface area contributed by atoms with Crippen LogP contribution < -0.4 is 0 Å². The first-order chi connectivity index (χ1) is 8.19. The Labute approximate surface area is 104 Å². The Morgan fingerprint density at radius 2 is 2.24 bits per heavy atom. The highest BCUT2D eigenvalue weighted by Crippen LogP contribution is 2.09. The van der Waals surface area contributed by atoms with Crippen LogP contribution in [0.5, 0.6) is 0 Å². The fourth-order valence-electron chi connectivity index (χ4n) is 2.48. The van der Waals surface area contributed by atoms with Crippen LogP contribution in [0.25, 0.3) is 0 Å². The van der Waals surface area contributed by atoms with Gasteiger partial charge in [-0.05, 0) is 20.9 Å². The van der Waals surface area contributed by atoms with E-state index in [-0.39, 0.29) is 0 Å². The number of aryl methyl sites for hydroxylation is 1. The summed E-state index contributed by atoms with van der Waals surface area (Å²) in [5.74, 6) is 0. The molecule has 4 heteroatoms. The third kappa shape index (κ3) is 3.30. The molecule has 0 radical (unpaired) electrons. The second-order valence-corrected chi connectivity index (χ2v) is 5.09. The Hall–Kier alpha value is -0.870. The van der Waals surface area contributed by atoms with Gasteiger partial charge in [-0.2, -0.15) is 0 Å². The summed E-state index contributed by atoms with van der Waals surface area (Å²) in [6.45, 7) is 10.2. The molecule has 96 valence electrons. The van der Waals surface area contributed by atoms with Gasteiger partial charge in [0.15, 0.2) is 0 Å². The zero-order valence-corrected chi connectivity index (χ0v) is 11.3. The molecule has 4 nitrogen and oxygen atoms in total. The normalized spacial score (nSPS) is 23.1. The van der Waals surface area contributed by atoms with Gasteiger partial charge in [0.1, 0.15) is 0 Å². The molecule has 1 atom stereocenters. The monoisotopic (exact) mass is 236 g/mol. The molecule has 0 N–H and O–H groups in total. The van der Waals surface area contributed by atoms with Crippen molar-refractivity contribution in [2.45, 2.75) is 32.9 Å². The van der Waals surface area contributed by atoms with Crippen LogP contribution in [-0.2, 0) is 13.0 Å². The lowest BCUT2D eigenvalue weighted by Gasteiger charge is -2.38. The molecule has 17 heavy (non-hydrogen) atoms. The summed E-state index contributed by atoms with van der Waals surface area (Å²) >= 11 is 0. The van der Waals surface area contributed by atoms with Crippen molar-refractivity contribution in [3.05, 3.63) is 18.2 Å². The smallest absolute Gasteiger partial charge is 0.0949 e. The van der Waals surface area contributed by atoms with Gasteiger partial charge in [0.2, 0.25) is 0 Å². The van der Waals surface area contributed by atoms with E-state index >= 15 is 0 Å². The van der Waals surface area contributed by atoms with E-state index in [2.05, 4.69) is 46.4 Å². The van der Waals surface area contributed by atoms with Crippen LogP contribution in [0, 0.1) is 0 Å². The van der Waals surface area contributed by atoms with Gasteiger partial charge in [-0.1, -0.05) is 0 Å². The topological polar surface area (TPSA) is 24.3 Å². The van der Waals surface area contributed by atoms with Crippen LogP contribution in [0.2, 0.25) is 0 Å². The van der Waals surface area contributed by atoms with Crippen LogP contribution in [0.4, 0.5) is 0 Å². The summed E-state index contributed by atoms with van der Waals surface area (Å²) in [5.41, 5.74) is 1.22. The van der Waals surface area contributed by atoms with Crippen LogP contribution >= 0.6 is 0 Å². The molecule has 0 amide bonds. The summed E-state index contributed by atoms with van der Waals surface area (Å²) in [6.07, 6.45) is 5.17. The molecule has 0 aliphatic carbocycles. The van der Waals surface area contributed by atoms with Gasteiger partial charge in [0.25, 0.3) is 0 Å². The van der Waals surface area contributed by atoms with E-state index < -0.39 is 0 Å². The molecule has 0 spiro atoms. The third-order valence-electron chi connectivity index (χ3n) is 3.68. The Morgan fingerprint density at radius 3 is 2.88 bits per heavy atom. The molecule has 0 saturated carbocycles. The summed E-state index contributed by atoms with van der Waals surface area (Å²) in [4.78, 5) is 9.42. The average molecular weight is 236 g/mol. The van der Waals surface area contributed by atoms with Crippen molar-refractivity contribution in [1.82, 2.24) is 19.4 Å². The van der Waals surface area contributed by atoms with E-state index in [4.69, 9.17) is 0 Å². The Bertz CT molecular complexity index is 347. The third-order valence-corrected chi connectivity index (χ3v) is 3.68. The van der Waals surface area contributed by atoms with E-state index in [0.29, 0.717) is 6.04 Å². The van der Waals surface area contributed by atoms with Crippen molar-refractivity contribution in [2.75, 3.05) is 33.2 Å².